The minimum Gasteiger partial charge on any atom is -0.457 e. The van der Waals surface area contributed by atoms with Gasteiger partial charge >= 0.3 is 0 Å². The van der Waals surface area contributed by atoms with Crippen LogP contribution in [0.1, 0.15) is 35.3 Å². The second-order valence-corrected chi connectivity index (χ2v) is 7.24. The molecule has 2 aromatic carbocycles. The summed E-state index contributed by atoms with van der Waals surface area (Å²) < 4.78 is 18.9. The number of ether oxygens (including phenoxy) is 1. The summed E-state index contributed by atoms with van der Waals surface area (Å²) in [6, 6.07) is 17.9. The first kappa shape index (κ1) is 20.3. The van der Waals surface area contributed by atoms with Crippen molar-refractivity contribution in [1.29, 1.82) is 0 Å². The zero-order valence-corrected chi connectivity index (χ0v) is 16.5. The van der Waals surface area contributed by atoms with Crippen molar-refractivity contribution in [3.05, 3.63) is 83.3 Å². The highest BCUT2D eigenvalue weighted by Gasteiger charge is 2.11. The number of rotatable bonds is 7. The predicted molar refractivity (Wildman–Crippen MR) is 111 cm³/mol. The molecule has 0 aliphatic carbocycles. The smallest absolute Gasteiger partial charge is 0.255 e. The number of amides is 1. The van der Waals surface area contributed by atoms with Crippen molar-refractivity contribution in [2.45, 2.75) is 26.8 Å². The van der Waals surface area contributed by atoms with E-state index in [4.69, 9.17) is 10.5 Å². The molecular formula is C23H24FN3O2. The van der Waals surface area contributed by atoms with Gasteiger partial charge in [-0.1, -0.05) is 38.1 Å². The zero-order chi connectivity index (χ0) is 20.8. The highest BCUT2D eigenvalue weighted by atomic mass is 19.1. The number of anilines is 1. The molecule has 0 aliphatic rings. The summed E-state index contributed by atoms with van der Waals surface area (Å²) in [6.07, 6.45) is 1.04. The maximum atomic E-state index is 13.0. The monoisotopic (exact) mass is 393 g/mol. The van der Waals surface area contributed by atoms with Gasteiger partial charge in [0.15, 0.2) is 0 Å². The molecule has 150 valence electrons. The Labute approximate surface area is 169 Å². The standard InChI is InChI=1S/C23H24FN3O2/c1-15(2)13-16-3-7-18(8-4-16)29-19-9-5-17(6-10-19)14-26-23(28)20-11-12-21(24)27-22(20)25/h3-12,15H,13-14H2,1-2H3,(H2,25,27)(H,26,28). The first-order valence-corrected chi connectivity index (χ1v) is 9.46. The quantitative estimate of drug-likeness (QED) is 0.569. The number of benzene rings is 2. The largest absolute Gasteiger partial charge is 0.457 e. The highest BCUT2D eigenvalue weighted by molar-refractivity contribution is 5.98. The Hall–Kier alpha value is -3.41. The van der Waals surface area contributed by atoms with Crippen molar-refractivity contribution >= 4 is 11.7 Å². The Morgan fingerprint density at radius 1 is 1.00 bits per heavy atom. The lowest BCUT2D eigenvalue weighted by molar-refractivity contribution is 0.0951. The van der Waals surface area contributed by atoms with Crippen molar-refractivity contribution < 1.29 is 13.9 Å². The third-order valence-electron chi connectivity index (χ3n) is 4.31. The number of hydrogen-bond acceptors (Lipinski definition) is 4. The van der Waals surface area contributed by atoms with Gasteiger partial charge in [-0.2, -0.15) is 4.39 Å². The van der Waals surface area contributed by atoms with E-state index in [1.165, 1.54) is 11.6 Å². The third kappa shape index (κ3) is 5.78. The number of aromatic nitrogens is 1. The predicted octanol–water partition coefficient (Wildman–Crippen LogP) is 4.72. The van der Waals surface area contributed by atoms with Gasteiger partial charge in [-0.05, 0) is 59.9 Å². The number of carbonyl (C=O) groups is 1. The summed E-state index contributed by atoms with van der Waals surface area (Å²) in [5.74, 6) is 0.846. The number of halogens is 1. The van der Waals surface area contributed by atoms with E-state index in [1.807, 2.05) is 36.4 Å². The van der Waals surface area contributed by atoms with E-state index in [0.29, 0.717) is 18.2 Å². The van der Waals surface area contributed by atoms with Gasteiger partial charge in [-0.25, -0.2) is 4.98 Å². The van der Waals surface area contributed by atoms with Gasteiger partial charge in [-0.15, -0.1) is 0 Å². The second-order valence-electron chi connectivity index (χ2n) is 7.24. The number of carbonyl (C=O) groups excluding carboxylic acids is 1. The Morgan fingerprint density at radius 2 is 1.59 bits per heavy atom. The van der Waals surface area contributed by atoms with Crippen LogP contribution in [0.4, 0.5) is 10.2 Å². The summed E-state index contributed by atoms with van der Waals surface area (Å²) in [5, 5.41) is 2.74. The van der Waals surface area contributed by atoms with E-state index < -0.39 is 11.9 Å². The molecule has 3 aromatic rings. The Morgan fingerprint density at radius 3 is 2.14 bits per heavy atom. The molecule has 1 amide bonds. The molecule has 29 heavy (non-hydrogen) atoms. The average molecular weight is 393 g/mol. The van der Waals surface area contributed by atoms with Gasteiger partial charge in [0, 0.05) is 6.54 Å². The van der Waals surface area contributed by atoms with Crippen molar-refractivity contribution in [2.24, 2.45) is 5.92 Å². The summed E-state index contributed by atoms with van der Waals surface area (Å²) >= 11 is 0. The fourth-order valence-electron chi connectivity index (χ4n) is 2.90. The maximum Gasteiger partial charge on any atom is 0.255 e. The van der Waals surface area contributed by atoms with Crippen LogP contribution in [0.3, 0.4) is 0 Å². The van der Waals surface area contributed by atoms with Crippen LogP contribution in [0.25, 0.3) is 0 Å². The minimum absolute atomic E-state index is 0.134. The van der Waals surface area contributed by atoms with E-state index in [1.54, 1.807) is 0 Å². The van der Waals surface area contributed by atoms with Crippen molar-refractivity contribution in [3.63, 3.8) is 0 Å². The van der Waals surface area contributed by atoms with E-state index >= 15 is 0 Å². The van der Waals surface area contributed by atoms with Crippen LogP contribution in [-0.4, -0.2) is 10.9 Å². The SMILES string of the molecule is CC(C)Cc1ccc(Oc2ccc(CNC(=O)c3ccc(F)nc3N)cc2)cc1. The Bertz CT molecular complexity index is 970. The summed E-state index contributed by atoms with van der Waals surface area (Å²) in [6.45, 7) is 4.69. The van der Waals surface area contributed by atoms with E-state index in [-0.39, 0.29) is 11.4 Å². The van der Waals surface area contributed by atoms with Gasteiger partial charge < -0.3 is 15.8 Å². The number of nitrogens with two attached hydrogens (primary N) is 1. The molecule has 0 spiro atoms. The van der Waals surface area contributed by atoms with Crippen LogP contribution in [0.2, 0.25) is 0 Å². The van der Waals surface area contributed by atoms with Crippen LogP contribution >= 0.6 is 0 Å². The minimum atomic E-state index is -0.718. The van der Waals surface area contributed by atoms with E-state index in [0.717, 1.165) is 23.8 Å². The number of nitrogens with one attached hydrogen (secondary N) is 1. The Kier molecular flexibility index (Phi) is 6.44. The molecule has 0 saturated carbocycles. The molecule has 0 saturated heterocycles. The average Bonchev–Trinajstić information content (AvgIpc) is 2.68. The molecule has 1 aromatic heterocycles. The lowest BCUT2D eigenvalue weighted by Gasteiger charge is -2.10. The summed E-state index contributed by atoms with van der Waals surface area (Å²) in [5.41, 5.74) is 7.92. The van der Waals surface area contributed by atoms with Gasteiger partial charge in [0.2, 0.25) is 5.95 Å². The van der Waals surface area contributed by atoms with Crippen LogP contribution < -0.4 is 15.8 Å². The van der Waals surface area contributed by atoms with Gasteiger partial charge in [0.25, 0.3) is 5.91 Å². The van der Waals surface area contributed by atoms with Crippen LogP contribution in [0, 0.1) is 11.9 Å². The van der Waals surface area contributed by atoms with Gasteiger partial charge in [0.05, 0.1) is 5.56 Å². The molecule has 0 radical (unpaired) electrons. The number of hydrogen-bond donors (Lipinski definition) is 2. The lowest BCUT2D eigenvalue weighted by atomic mass is 10.0. The number of nitrogens with zero attached hydrogens (tertiary/aromatic N) is 1. The number of pyridine rings is 1. The highest BCUT2D eigenvalue weighted by Crippen LogP contribution is 2.23. The van der Waals surface area contributed by atoms with Crippen molar-refractivity contribution in [3.8, 4) is 11.5 Å². The normalized spacial score (nSPS) is 10.8. The first-order chi connectivity index (χ1) is 13.9. The molecular weight excluding hydrogens is 369 g/mol. The molecule has 1 heterocycles. The zero-order valence-electron chi connectivity index (χ0n) is 16.5. The van der Waals surface area contributed by atoms with E-state index in [2.05, 4.69) is 36.3 Å². The molecule has 3 rings (SSSR count). The van der Waals surface area contributed by atoms with Crippen molar-refractivity contribution in [1.82, 2.24) is 10.3 Å². The first-order valence-electron chi connectivity index (χ1n) is 9.46. The van der Waals surface area contributed by atoms with Crippen LogP contribution in [0.5, 0.6) is 11.5 Å². The van der Waals surface area contributed by atoms with E-state index in [9.17, 15) is 9.18 Å². The molecule has 0 atom stereocenters. The summed E-state index contributed by atoms with van der Waals surface area (Å²) in [4.78, 5) is 15.6. The fourth-order valence-corrected chi connectivity index (χ4v) is 2.90. The Balaban J connectivity index is 1.55. The molecule has 3 N–H and O–H groups in total. The van der Waals surface area contributed by atoms with Crippen LogP contribution in [-0.2, 0) is 13.0 Å². The van der Waals surface area contributed by atoms with Gasteiger partial charge in [0.1, 0.15) is 17.3 Å². The van der Waals surface area contributed by atoms with Crippen LogP contribution in [0.15, 0.2) is 60.7 Å². The van der Waals surface area contributed by atoms with Gasteiger partial charge in [-0.3, -0.25) is 4.79 Å². The third-order valence-corrected chi connectivity index (χ3v) is 4.31. The fraction of sp³-hybridized carbons (Fsp3) is 0.217. The molecule has 0 bridgehead atoms. The topological polar surface area (TPSA) is 77.2 Å². The number of nitrogen functional groups attached to an aromatic ring is 1. The molecule has 6 heteroatoms. The lowest BCUT2D eigenvalue weighted by Crippen LogP contribution is -2.24. The molecule has 5 nitrogen and oxygen atoms in total. The van der Waals surface area contributed by atoms with Crippen molar-refractivity contribution in [2.75, 3.05) is 5.73 Å². The molecule has 0 fully saturated rings. The maximum absolute atomic E-state index is 13.0. The second kappa shape index (κ2) is 9.19. The molecule has 0 unspecified atom stereocenters. The molecule has 0 aliphatic heterocycles. The summed E-state index contributed by atoms with van der Waals surface area (Å²) in [7, 11) is 0.